The molecular weight excluding hydrogens is 375 g/mol. The zero-order valence-electron chi connectivity index (χ0n) is 16.2. The van der Waals surface area contributed by atoms with Gasteiger partial charge in [-0.2, -0.15) is 0 Å². The summed E-state index contributed by atoms with van der Waals surface area (Å²) < 4.78 is 18.8. The number of hydrogen-bond acceptors (Lipinski definition) is 4. The van der Waals surface area contributed by atoms with E-state index in [9.17, 15) is 18.8 Å². The molecule has 3 rings (SSSR count). The highest BCUT2D eigenvalue weighted by Crippen LogP contribution is 2.24. The molecule has 1 heterocycles. The van der Waals surface area contributed by atoms with Gasteiger partial charge in [0.25, 0.3) is 17.7 Å². The molecule has 29 heavy (non-hydrogen) atoms. The Kier molecular flexibility index (Phi) is 6.59. The molecule has 3 amide bonds. The first-order chi connectivity index (χ1) is 14.0. The maximum absolute atomic E-state index is 13.5. The number of para-hydroxylation sites is 1. The molecule has 0 unspecified atom stereocenters. The quantitative estimate of drug-likeness (QED) is 0.519. The lowest BCUT2D eigenvalue weighted by Gasteiger charge is -2.12. The number of fused-ring (bicyclic) bond motifs is 1. The average Bonchev–Trinajstić information content (AvgIpc) is 2.97. The summed E-state index contributed by atoms with van der Waals surface area (Å²) in [5.41, 5.74) is 0.917. The van der Waals surface area contributed by atoms with Gasteiger partial charge in [0.2, 0.25) is 0 Å². The van der Waals surface area contributed by atoms with Crippen molar-refractivity contribution < 1.29 is 23.5 Å². The number of unbranched alkanes of at least 4 members (excludes halogenated alkanes) is 1. The number of imide groups is 1. The minimum absolute atomic E-state index is 0.174. The van der Waals surface area contributed by atoms with Crippen molar-refractivity contribution in [2.75, 3.05) is 19.7 Å². The van der Waals surface area contributed by atoms with Crippen LogP contribution in [0, 0.1) is 5.82 Å². The molecule has 0 saturated heterocycles. The second-order valence-electron chi connectivity index (χ2n) is 6.76. The fourth-order valence-electron chi connectivity index (χ4n) is 3.07. The summed E-state index contributed by atoms with van der Waals surface area (Å²) in [6.07, 6.45) is 2.11. The topological polar surface area (TPSA) is 75.7 Å². The molecule has 2 aromatic rings. The molecule has 7 heteroatoms. The standard InChI is InChI=1S/C22H23FN2O4/c1-2-3-12-25-21(27)16-10-9-15(14-17(16)22(25)28)20(26)24-11-6-13-29-19-8-5-4-7-18(19)23/h4-5,7-10,14H,2-3,6,11-13H2,1H3,(H,24,26). The molecule has 1 aliphatic heterocycles. The van der Waals surface area contributed by atoms with Crippen molar-refractivity contribution >= 4 is 17.7 Å². The molecule has 1 N–H and O–H groups in total. The van der Waals surface area contributed by atoms with Gasteiger partial charge in [-0.15, -0.1) is 0 Å². The van der Waals surface area contributed by atoms with Crippen molar-refractivity contribution in [1.82, 2.24) is 10.2 Å². The summed E-state index contributed by atoms with van der Waals surface area (Å²) in [5.74, 6) is -1.26. The summed E-state index contributed by atoms with van der Waals surface area (Å²) in [6, 6.07) is 10.7. The second kappa shape index (κ2) is 9.32. The van der Waals surface area contributed by atoms with Gasteiger partial charge in [-0.25, -0.2) is 4.39 Å². The molecule has 2 aromatic carbocycles. The van der Waals surface area contributed by atoms with Crippen LogP contribution >= 0.6 is 0 Å². The van der Waals surface area contributed by atoms with Gasteiger partial charge in [-0.05, 0) is 43.2 Å². The Morgan fingerprint density at radius 1 is 1.07 bits per heavy atom. The number of rotatable bonds is 9. The van der Waals surface area contributed by atoms with Crippen LogP contribution in [0.2, 0.25) is 0 Å². The number of benzene rings is 2. The Hall–Kier alpha value is -3.22. The third-order valence-corrected chi connectivity index (χ3v) is 4.67. The molecule has 0 aromatic heterocycles. The summed E-state index contributed by atoms with van der Waals surface area (Å²) in [6.45, 7) is 2.96. The van der Waals surface area contributed by atoms with E-state index in [1.165, 1.54) is 23.1 Å². The van der Waals surface area contributed by atoms with E-state index in [0.29, 0.717) is 30.6 Å². The van der Waals surface area contributed by atoms with Crippen LogP contribution < -0.4 is 10.1 Å². The Bertz CT molecular complexity index is 929. The molecule has 0 aliphatic carbocycles. The highest BCUT2D eigenvalue weighted by Gasteiger charge is 2.35. The van der Waals surface area contributed by atoms with Crippen molar-refractivity contribution in [2.45, 2.75) is 26.2 Å². The zero-order valence-corrected chi connectivity index (χ0v) is 16.2. The second-order valence-corrected chi connectivity index (χ2v) is 6.76. The molecule has 152 valence electrons. The number of carbonyl (C=O) groups is 3. The van der Waals surface area contributed by atoms with Gasteiger partial charge < -0.3 is 10.1 Å². The number of nitrogens with zero attached hydrogens (tertiary/aromatic N) is 1. The Labute approximate surface area is 168 Å². The first kappa shape index (κ1) is 20.5. The van der Waals surface area contributed by atoms with E-state index in [0.717, 1.165) is 12.8 Å². The van der Waals surface area contributed by atoms with E-state index < -0.39 is 5.82 Å². The molecule has 0 fully saturated rings. The molecule has 0 bridgehead atoms. The number of hydrogen-bond donors (Lipinski definition) is 1. The zero-order chi connectivity index (χ0) is 20.8. The van der Waals surface area contributed by atoms with Crippen molar-refractivity contribution in [3.63, 3.8) is 0 Å². The number of ether oxygens (including phenoxy) is 1. The molecule has 6 nitrogen and oxygen atoms in total. The predicted molar refractivity (Wildman–Crippen MR) is 106 cm³/mol. The fourth-order valence-corrected chi connectivity index (χ4v) is 3.07. The molecule has 0 saturated carbocycles. The maximum atomic E-state index is 13.5. The summed E-state index contributed by atoms with van der Waals surface area (Å²) in [5, 5.41) is 2.74. The van der Waals surface area contributed by atoms with Gasteiger partial charge in [0.15, 0.2) is 11.6 Å². The number of carbonyl (C=O) groups excluding carboxylic acids is 3. The molecular formula is C22H23FN2O4. The van der Waals surface area contributed by atoms with Gasteiger partial charge in [0.05, 0.1) is 17.7 Å². The highest BCUT2D eigenvalue weighted by atomic mass is 19.1. The van der Waals surface area contributed by atoms with Gasteiger partial charge in [0.1, 0.15) is 0 Å². The lowest BCUT2D eigenvalue weighted by atomic mass is 10.1. The van der Waals surface area contributed by atoms with Crippen molar-refractivity contribution in [2.24, 2.45) is 0 Å². The van der Waals surface area contributed by atoms with E-state index in [-0.39, 0.29) is 35.6 Å². The van der Waals surface area contributed by atoms with Gasteiger partial charge >= 0.3 is 0 Å². The monoisotopic (exact) mass is 398 g/mol. The van der Waals surface area contributed by atoms with Crippen LogP contribution in [0.25, 0.3) is 0 Å². The van der Waals surface area contributed by atoms with Crippen LogP contribution in [0.1, 0.15) is 57.3 Å². The van der Waals surface area contributed by atoms with E-state index >= 15 is 0 Å². The largest absolute Gasteiger partial charge is 0.490 e. The number of nitrogens with one attached hydrogen (secondary N) is 1. The van der Waals surface area contributed by atoms with Gasteiger partial charge in [0, 0.05) is 18.7 Å². The lowest BCUT2D eigenvalue weighted by Crippen LogP contribution is -2.30. The smallest absolute Gasteiger partial charge is 0.261 e. The molecule has 0 radical (unpaired) electrons. The minimum Gasteiger partial charge on any atom is -0.490 e. The highest BCUT2D eigenvalue weighted by molar-refractivity contribution is 6.22. The van der Waals surface area contributed by atoms with E-state index in [1.54, 1.807) is 24.3 Å². The van der Waals surface area contributed by atoms with E-state index in [2.05, 4.69) is 5.32 Å². The van der Waals surface area contributed by atoms with Crippen LogP contribution in [-0.2, 0) is 0 Å². The average molecular weight is 398 g/mol. The Morgan fingerprint density at radius 3 is 2.59 bits per heavy atom. The normalized spacial score (nSPS) is 12.8. The van der Waals surface area contributed by atoms with Crippen molar-refractivity contribution in [3.8, 4) is 5.75 Å². The maximum Gasteiger partial charge on any atom is 0.261 e. The number of halogens is 1. The molecule has 0 atom stereocenters. The minimum atomic E-state index is -0.429. The number of amides is 3. The van der Waals surface area contributed by atoms with Crippen molar-refractivity contribution in [1.29, 1.82) is 0 Å². The van der Waals surface area contributed by atoms with Crippen LogP contribution in [-0.4, -0.2) is 42.3 Å². The predicted octanol–water partition coefficient (Wildman–Crippen LogP) is 3.42. The van der Waals surface area contributed by atoms with Crippen LogP contribution in [0.4, 0.5) is 4.39 Å². The summed E-state index contributed by atoms with van der Waals surface area (Å²) in [7, 11) is 0. The van der Waals surface area contributed by atoms with Crippen LogP contribution in [0.15, 0.2) is 42.5 Å². The Morgan fingerprint density at radius 2 is 1.83 bits per heavy atom. The fraction of sp³-hybridized carbons (Fsp3) is 0.318. The van der Waals surface area contributed by atoms with Crippen LogP contribution in [0.3, 0.4) is 0 Å². The van der Waals surface area contributed by atoms with Gasteiger partial charge in [-0.3, -0.25) is 19.3 Å². The van der Waals surface area contributed by atoms with Gasteiger partial charge in [-0.1, -0.05) is 25.5 Å². The van der Waals surface area contributed by atoms with Crippen molar-refractivity contribution in [3.05, 3.63) is 65.0 Å². The lowest BCUT2D eigenvalue weighted by molar-refractivity contribution is 0.0652. The summed E-state index contributed by atoms with van der Waals surface area (Å²) >= 11 is 0. The first-order valence-corrected chi connectivity index (χ1v) is 9.68. The molecule has 0 spiro atoms. The Balaban J connectivity index is 1.52. The third-order valence-electron chi connectivity index (χ3n) is 4.67. The summed E-state index contributed by atoms with van der Waals surface area (Å²) in [4.78, 5) is 38.4. The third kappa shape index (κ3) is 4.62. The first-order valence-electron chi connectivity index (χ1n) is 9.68. The van der Waals surface area contributed by atoms with E-state index in [4.69, 9.17) is 4.74 Å². The van der Waals surface area contributed by atoms with Crippen LogP contribution in [0.5, 0.6) is 5.75 Å². The molecule has 1 aliphatic rings. The van der Waals surface area contributed by atoms with E-state index in [1.807, 2.05) is 6.92 Å². The SMILES string of the molecule is CCCCN1C(=O)c2ccc(C(=O)NCCCOc3ccccc3F)cc2C1=O.